The SMILES string of the molecule is Nc1ccc(S(=O)(=O)c2c(-c3ccccc3)[nH]c3ccccc23)cc1C(F)(F)F. The molecule has 0 aliphatic heterocycles. The van der Waals surface area contributed by atoms with Crippen LogP contribution in [0.25, 0.3) is 22.2 Å². The number of sulfone groups is 1. The normalized spacial score (nSPS) is 12.4. The van der Waals surface area contributed by atoms with Gasteiger partial charge in [0.1, 0.15) is 4.90 Å². The number of nitrogen functional groups attached to an aromatic ring is 1. The molecule has 0 spiro atoms. The molecule has 29 heavy (non-hydrogen) atoms. The molecule has 1 heterocycles. The molecule has 0 aliphatic rings. The van der Waals surface area contributed by atoms with E-state index in [0.29, 0.717) is 28.2 Å². The molecular formula is C21H15F3N2O2S. The fraction of sp³-hybridized carbons (Fsp3) is 0.0476. The summed E-state index contributed by atoms with van der Waals surface area (Å²) in [5, 5.41) is 0.400. The number of alkyl halides is 3. The molecule has 4 nitrogen and oxygen atoms in total. The largest absolute Gasteiger partial charge is 0.418 e. The van der Waals surface area contributed by atoms with Gasteiger partial charge in [-0.2, -0.15) is 13.2 Å². The molecule has 3 aromatic carbocycles. The smallest absolute Gasteiger partial charge is 0.398 e. The topological polar surface area (TPSA) is 76.0 Å². The highest BCUT2D eigenvalue weighted by atomic mass is 32.2. The summed E-state index contributed by atoms with van der Waals surface area (Å²) in [6.45, 7) is 0. The van der Waals surface area contributed by atoms with E-state index in [4.69, 9.17) is 5.73 Å². The van der Waals surface area contributed by atoms with Gasteiger partial charge < -0.3 is 10.7 Å². The molecule has 0 aliphatic carbocycles. The van der Waals surface area contributed by atoms with Crippen molar-refractivity contribution in [3.05, 3.63) is 78.4 Å². The Bertz CT molecular complexity index is 1310. The molecule has 0 fully saturated rings. The molecule has 1 aromatic heterocycles. The lowest BCUT2D eigenvalue weighted by Crippen LogP contribution is -2.11. The quantitative estimate of drug-likeness (QED) is 0.447. The van der Waals surface area contributed by atoms with Crippen LogP contribution in [0.1, 0.15) is 5.56 Å². The average molecular weight is 416 g/mol. The Morgan fingerprint density at radius 1 is 0.862 bits per heavy atom. The van der Waals surface area contributed by atoms with Gasteiger partial charge in [0.15, 0.2) is 0 Å². The van der Waals surface area contributed by atoms with Crippen LogP contribution >= 0.6 is 0 Å². The molecule has 0 atom stereocenters. The highest BCUT2D eigenvalue weighted by molar-refractivity contribution is 7.91. The summed E-state index contributed by atoms with van der Waals surface area (Å²) >= 11 is 0. The van der Waals surface area contributed by atoms with E-state index in [1.54, 1.807) is 54.6 Å². The first-order valence-electron chi connectivity index (χ1n) is 8.57. The molecule has 148 valence electrons. The Balaban J connectivity index is 2.02. The lowest BCUT2D eigenvalue weighted by Gasteiger charge is -2.13. The fourth-order valence-electron chi connectivity index (χ4n) is 3.27. The van der Waals surface area contributed by atoms with Crippen LogP contribution < -0.4 is 5.73 Å². The number of hydrogen-bond acceptors (Lipinski definition) is 3. The van der Waals surface area contributed by atoms with Crippen LogP contribution in [-0.4, -0.2) is 13.4 Å². The molecule has 0 saturated heterocycles. The zero-order chi connectivity index (χ0) is 20.8. The van der Waals surface area contributed by atoms with Crippen molar-refractivity contribution in [3.8, 4) is 11.3 Å². The number of nitrogens with one attached hydrogen (secondary N) is 1. The summed E-state index contributed by atoms with van der Waals surface area (Å²) in [6.07, 6.45) is -4.77. The summed E-state index contributed by atoms with van der Waals surface area (Å²) < 4.78 is 66.8. The second kappa shape index (κ2) is 6.66. The molecule has 0 unspecified atom stereocenters. The predicted molar refractivity (Wildman–Crippen MR) is 105 cm³/mol. The van der Waals surface area contributed by atoms with Crippen LogP contribution in [0.3, 0.4) is 0 Å². The molecular weight excluding hydrogens is 401 g/mol. The van der Waals surface area contributed by atoms with Gasteiger partial charge in [-0.05, 0) is 29.8 Å². The van der Waals surface area contributed by atoms with Crippen LogP contribution in [0.4, 0.5) is 18.9 Å². The maximum atomic E-state index is 13.5. The number of aromatic amines is 1. The first-order chi connectivity index (χ1) is 13.7. The van der Waals surface area contributed by atoms with Gasteiger partial charge in [-0.1, -0.05) is 48.5 Å². The van der Waals surface area contributed by atoms with Crippen LogP contribution in [0, 0.1) is 0 Å². The summed E-state index contributed by atoms with van der Waals surface area (Å²) in [5.41, 5.74) is 5.21. The van der Waals surface area contributed by atoms with Gasteiger partial charge in [0.2, 0.25) is 9.84 Å². The Labute approximate surface area is 164 Å². The third kappa shape index (κ3) is 3.25. The Kier molecular flexibility index (Phi) is 4.38. The number of rotatable bonds is 3. The number of para-hydroxylation sites is 1. The van der Waals surface area contributed by atoms with Crippen molar-refractivity contribution in [1.82, 2.24) is 4.98 Å². The van der Waals surface area contributed by atoms with Crippen molar-refractivity contribution < 1.29 is 21.6 Å². The first kappa shape index (κ1) is 19.1. The van der Waals surface area contributed by atoms with E-state index in [1.807, 2.05) is 0 Å². The van der Waals surface area contributed by atoms with Crippen molar-refractivity contribution in [2.75, 3.05) is 5.73 Å². The van der Waals surface area contributed by atoms with Crippen LogP contribution in [-0.2, 0) is 16.0 Å². The molecule has 0 amide bonds. The van der Waals surface area contributed by atoms with Crippen molar-refractivity contribution in [2.45, 2.75) is 16.0 Å². The minimum atomic E-state index is -4.77. The number of hydrogen-bond donors (Lipinski definition) is 2. The van der Waals surface area contributed by atoms with Gasteiger partial charge in [0.05, 0.1) is 16.2 Å². The van der Waals surface area contributed by atoms with Crippen molar-refractivity contribution in [1.29, 1.82) is 0 Å². The van der Waals surface area contributed by atoms with Gasteiger partial charge in [0.25, 0.3) is 0 Å². The standard InChI is InChI=1S/C21H15F3N2O2S/c22-21(23,24)16-12-14(10-11-17(16)25)29(27,28)20-15-8-4-5-9-18(15)26-19(20)13-6-2-1-3-7-13/h1-12,26H,25H2. The predicted octanol–water partition coefficient (Wildman–Crippen LogP) is 5.27. The zero-order valence-electron chi connectivity index (χ0n) is 14.9. The molecule has 8 heteroatoms. The fourth-order valence-corrected chi connectivity index (χ4v) is 4.93. The summed E-state index contributed by atoms with van der Waals surface area (Å²) in [4.78, 5) is 2.54. The second-order valence-electron chi connectivity index (χ2n) is 6.49. The lowest BCUT2D eigenvalue weighted by atomic mass is 10.1. The van der Waals surface area contributed by atoms with E-state index in [-0.39, 0.29) is 4.90 Å². The first-order valence-corrected chi connectivity index (χ1v) is 10.1. The average Bonchev–Trinajstić information content (AvgIpc) is 3.08. The summed E-state index contributed by atoms with van der Waals surface area (Å²) in [5.74, 6) is 0. The highest BCUT2D eigenvalue weighted by Gasteiger charge is 2.35. The number of benzene rings is 3. The van der Waals surface area contributed by atoms with Gasteiger partial charge >= 0.3 is 6.18 Å². The number of halogens is 3. The summed E-state index contributed by atoms with van der Waals surface area (Å²) in [7, 11) is -4.29. The third-order valence-corrected chi connectivity index (χ3v) is 6.47. The van der Waals surface area contributed by atoms with Crippen molar-refractivity contribution in [2.24, 2.45) is 0 Å². The highest BCUT2D eigenvalue weighted by Crippen LogP contribution is 2.40. The minimum absolute atomic E-state index is 0.0720. The van der Waals surface area contributed by atoms with E-state index in [1.165, 1.54) is 0 Å². The van der Waals surface area contributed by atoms with E-state index < -0.39 is 32.2 Å². The number of aromatic nitrogens is 1. The number of H-pyrrole nitrogens is 1. The van der Waals surface area contributed by atoms with Gasteiger partial charge in [0, 0.05) is 16.6 Å². The van der Waals surface area contributed by atoms with Crippen LogP contribution in [0.5, 0.6) is 0 Å². The molecule has 4 rings (SSSR count). The van der Waals surface area contributed by atoms with E-state index in [2.05, 4.69) is 4.98 Å². The molecule has 4 aromatic rings. The number of fused-ring (bicyclic) bond motifs is 1. The Morgan fingerprint density at radius 3 is 2.21 bits per heavy atom. The Hall–Kier alpha value is -3.26. The molecule has 0 radical (unpaired) electrons. The maximum absolute atomic E-state index is 13.5. The van der Waals surface area contributed by atoms with Crippen LogP contribution in [0.15, 0.2) is 82.6 Å². The second-order valence-corrected chi connectivity index (χ2v) is 8.38. The zero-order valence-corrected chi connectivity index (χ0v) is 15.7. The maximum Gasteiger partial charge on any atom is 0.418 e. The number of anilines is 1. The minimum Gasteiger partial charge on any atom is -0.398 e. The molecule has 0 bridgehead atoms. The van der Waals surface area contributed by atoms with E-state index in [9.17, 15) is 21.6 Å². The molecule has 3 N–H and O–H groups in total. The van der Waals surface area contributed by atoms with Crippen molar-refractivity contribution >= 4 is 26.4 Å². The third-order valence-electron chi connectivity index (χ3n) is 4.63. The molecule has 0 saturated carbocycles. The van der Waals surface area contributed by atoms with E-state index in [0.717, 1.165) is 12.1 Å². The van der Waals surface area contributed by atoms with Gasteiger partial charge in [-0.25, -0.2) is 8.42 Å². The lowest BCUT2D eigenvalue weighted by molar-refractivity contribution is -0.137. The van der Waals surface area contributed by atoms with Crippen LogP contribution in [0.2, 0.25) is 0 Å². The van der Waals surface area contributed by atoms with Gasteiger partial charge in [-0.3, -0.25) is 0 Å². The summed E-state index contributed by atoms with van der Waals surface area (Å²) in [6, 6.07) is 18.1. The van der Waals surface area contributed by atoms with E-state index >= 15 is 0 Å². The number of nitrogens with two attached hydrogens (primary N) is 1. The van der Waals surface area contributed by atoms with Crippen molar-refractivity contribution in [3.63, 3.8) is 0 Å². The van der Waals surface area contributed by atoms with Gasteiger partial charge in [-0.15, -0.1) is 0 Å². The Morgan fingerprint density at radius 2 is 1.52 bits per heavy atom. The monoisotopic (exact) mass is 416 g/mol.